The van der Waals surface area contributed by atoms with E-state index in [1.165, 1.54) is 18.2 Å². The Kier molecular flexibility index (Phi) is 9.17. The van der Waals surface area contributed by atoms with Crippen LogP contribution in [0.2, 0.25) is 5.02 Å². The molecule has 0 amide bonds. The van der Waals surface area contributed by atoms with Crippen molar-refractivity contribution in [2.24, 2.45) is 0 Å². The van der Waals surface area contributed by atoms with Gasteiger partial charge in [-0.2, -0.15) is 26.3 Å². The zero-order valence-corrected chi connectivity index (χ0v) is 18.6. The summed E-state index contributed by atoms with van der Waals surface area (Å²) in [7, 11) is 0. The highest BCUT2D eigenvalue weighted by atomic mass is 35.5. The lowest BCUT2D eigenvalue weighted by Crippen LogP contribution is -2.46. The Balaban J connectivity index is 2.18. The van der Waals surface area contributed by atoms with Crippen LogP contribution in [-0.2, 0) is 19.1 Å². The third kappa shape index (κ3) is 8.59. The molecule has 1 unspecified atom stereocenters. The molecule has 0 saturated heterocycles. The van der Waals surface area contributed by atoms with Gasteiger partial charge >= 0.3 is 12.4 Å². The number of aliphatic hydroxyl groups is 1. The molecule has 0 aromatic heterocycles. The van der Waals surface area contributed by atoms with Crippen molar-refractivity contribution in [1.29, 1.82) is 0 Å². The van der Waals surface area contributed by atoms with Crippen molar-refractivity contribution in [2.45, 2.75) is 44.3 Å². The topological polar surface area (TPSA) is 32.7 Å². The number of ether oxygens (including phenoxy) is 1. The van der Waals surface area contributed by atoms with Crippen LogP contribution in [0.5, 0.6) is 5.75 Å². The van der Waals surface area contributed by atoms with Gasteiger partial charge in [0.25, 0.3) is 5.92 Å². The maximum atomic E-state index is 14.6. The largest absolute Gasteiger partial charge is 0.487 e. The van der Waals surface area contributed by atoms with E-state index in [2.05, 4.69) is 0 Å². The molecule has 34 heavy (non-hydrogen) atoms. The maximum absolute atomic E-state index is 14.6. The molecule has 0 fully saturated rings. The highest BCUT2D eigenvalue weighted by Gasteiger charge is 2.41. The Hall–Kier alpha value is -2.11. The van der Waals surface area contributed by atoms with E-state index in [0.29, 0.717) is 28.0 Å². The number of alkyl halides is 8. The SMILES string of the molecule is CCc1cc(OCC(F)(F)CN(Cc2cccc(C(F)(F)F)c2)CC(O)C(F)(F)F)ccc1Cl. The minimum absolute atomic E-state index is 0.0701. The molecule has 0 aliphatic carbocycles. The number of aryl methyl sites for hydroxylation is 1. The fourth-order valence-electron chi connectivity index (χ4n) is 3.11. The molecule has 0 spiro atoms. The fourth-order valence-corrected chi connectivity index (χ4v) is 3.36. The summed E-state index contributed by atoms with van der Waals surface area (Å²) in [5.74, 6) is -3.63. The summed E-state index contributed by atoms with van der Waals surface area (Å²) in [5.41, 5.74) is -0.584. The molecule has 1 N–H and O–H groups in total. The Morgan fingerprint density at radius 2 is 1.68 bits per heavy atom. The van der Waals surface area contributed by atoms with Crippen molar-refractivity contribution in [1.82, 2.24) is 4.90 Å². The highest BCUT2D eigenvalue weighted by molar-refractivity contribution is 6.31. The van der Waals surface area contributed by atoms with Crippen LogP contribution in [-0.4, -0.2) is 47.9 Å². The van der Waals surface area contributed by atoms with Gasteiger partial charge in [0.1, 0.15) is 5.75 Å². The Morgan fingerprint density at radius 1 is 1.00 bits per heavy atom. The van der Waals surface area contributed by atoms with Gasteiger partial charge in [0.15, 0.2) is 12.7 Å². The second kappa shape index (κ2) is 11.1. The fraction of sp³-hybridized carbons (Fsp3) is 0.455. The molecule has 2 aromatic carbocycles. The zero-order chi connectivity index (χ0) is 25.7. The first kappa shape index (κ1) is 28.1. The Bertz CT molecular complexity index is 949. The molecule has 2 aromatic rings. The van der Waals surface area contributed by atoms with Gasteiger partial charge in [-0.15, -0.1) is 0 Å². The Labute approximate surface area is 195 Å². The third-order valence-corrected chi connectivity index (χ3v) is 5.14. The van der Waals surface area contributed by atoms with Crippen molar-refractivity contribution in [2.75, 3.05) is 19.7 Å². The number of halogens is 9. The predicted octanol–water partition coefficient (Wildman–Crippen LogP) is 6.36. The van der Waals surface area contributed by atoms with Gasteiger partial charge in [0, 0.05) is 18.1 Å². The lowest BCUT2D eigenvalue weighted by atomic mass is 10.1. The highest BCUT2D eigenvalue weighted by Crippen LogP contribution is 2.31. The van der Waals surface area contributed by atoms with Crippen molar-refractivity contribution in [3.8, 4) is 5.75 Å². The predicted molar refractivity (Wildman–Crippen MR) is 110 cm³/mol. The quantitative estimate of drug-likeness (QED) is 0.371. The number of hydrogen-bond acceptors (Lipinski definition) is 3. The van der Waals surface area contributed by atoms with Gasteiger partial charge in [-0.05, 0) is 41.8 Å². The van der Waals surface area contributed by atoms with Crippen LogP contribution in [0.1, 0.15) is 23.6 Å². The van der Waals surface area contributed by atoms with E-state index in [9.17, 15) is 40.2 Å². The first-order valence-corrected chi connectivity index (χ1v) is 10.4. The zero-order valence-electron chi connectivity index (χ0n) is 17.9. The van der Waals surface area contributed by atoms with E-state index in [-0.39, 0.29) is 11.3 Å². The summed E-state index contributed by atoms with van der Waals surface area (Å²) >= 11 is 5.96. The summed E-state index contributed by atoms with van der Waals surface area (Å²) < 4.78 is 112. The Morgan fingerprint density at radius 3 is 2.26 bits per heavy atom. The minimum atomic E-state index is -5.10. The maximum Gasteiger partial charge on any atom is 0.416 e. The smallest absolute Gasteiger partial charge is 0.416 e. The lowest BCUT2D eigenvalue weighted by molar-refractivity contribution is -0.211. The molecule has 0 bridgehead atoms. The molecule has 0 aliphatic heterocycles. The van der Waals surface area contributed by atoms with Crippen LogP contribution >= 0.6 is 11.6 Å². The lowest BCUT2D eigenvalue weighted by Gasteiger charge is -2.30. The second-order valence-corrected chi connectivity index (χ2v) is 8.08. The van der Waals surface area contributed by atoms with Crippen LogP contribution in [0.3, 0.4) is 0 Å². The molecule has 0 aliphatic rings. The third-order valence-electron chi connectivity index (χ3n) is 4.77. The van der Waals surface area contributed by atoms with Crippen LogP contribution in [0.25, 0.3) is 0 Å². The summed E-state index contributed by atoms with van der Waals surface area (Å²) in [6.45, 7) is -2.68. The summed E-state index contributed by atoms with van der Waals surface area (Å²) in [5, 5.41) is 9.78. The van der Waals surface area contributed by atoms with Crippen LogP contribution in [0.4, 0.5) is 35.1 Å². The molecule has 0 radical (unpaired) electrons. The molecule has 190 valence electrons. The van der Waals surface area contributed by atoms with E-state index in [4.69, 9.17) is 16.3 Å². The van der Waals surface area contributed by atoms with Crippen LogP contribution < -0.4 is 4.74 Å². The average Bonchev–Trinajstić information content (AvgIpc) is 2.71. The monoisotopic (exact) mass is 519 g/mol. The van der Waals surface area contributed by atoms with Gasteiger partial charge in [-0.3, -0.25) is 4.90 Å². The minimum Gasteiger partial charge on any atom is -0.487 e. The molecule has 1 atom stereocenters. The van der Waals surface area contributed by atoms with Gasteiger partial charge in [0.05, 0.1) is 12.1 Å². The van der Waals surface area contributed by atoms with E-state index in [1.807, 2.05) is 0 Å². The first-order chi connectivity index (χ1) is 15.6. The van der Waals surface area contributed by atoms with Crippen LogP contribution in [0, 0.1) is 0 Å². The molecular formula is C22H22ClF8NO2. The summed E-state index contributed by atoms with van der Waals surface area (Å²) in [6.07, 6.45) is -12.3. The first-order valence-electron chi connectivity index (χ1n) is 10.0. The normalized spacial score (nSPS) is 13.9. The van der Waals surface area contributed by atoms with Gasteiger partial charge < -0.3 is 9.84 Å². The van der Waals surface area contributed by atoms with E-state index >= 15 is 0 Å². The number of benzene rings is 2. The van der Waals surface area contributed by atoms with Gasteiger partial charge in [-0.1, -0.05) is 36.7 Å². The number of nitrogens with zero attached hydrogens (tertiary/aromatic N) is 1. The van der Waals surface area contributed by atoms with Crippen molar-refractivity contribution in [3.05, 3.63) is 64.2 Å². The molecule has 0 saturated carbocycles. The van der Waals surface area contributed by atoms with Gasteiger partial charge in [-0.25, -0.2) is 8.78 Å². The van der Waals surface area contributed by atoms with Crippen molar-refractivity contribution < 1.29 is 45.0 Å². The summed E-state index contributed by atoms with van der Waals surface area (Å²) in [6, 6.07) is 7.84. The molecular weight excluding hydrogens is 498 g/mol. The number of rotatable bonds is 10. The molecule has 3 nitrogen and oxygen atoms in total. The molecule has 2 rings (SSSR count). The van der Waals surface area contributed by atoms with E-state index in [1.54, 1.807) is 6.92 Å². The van der Waals surface area contributed by atoms with E-state index in [0.717, 1.165) is 18.2 Å². The number of hydrogen-bond donors (Lipinski definition) is 1. The van der Waals surface area contributed by atoms with E-state index < -0.39 is 56.2 Å². The van der Waals surface area contributed by atoms with Crippen molar-refractivity contribution in [3.63, 3.8) is 0 Å². The van der Waals surface area contributed by atoms with Crippen molar-refractivity contribution >= 4 is 11.6 Å². The standard InChI is InChI=1S/C22H22ClF8NO2/c1-2-15-9-17(6-7-18(15)23)34-13-20(24,25)12-32(11-19(33)22(29,30)31)10-14-4-3-5-16(8-14)21(26,27)28/h3-9,19,33H,2,10-13H2,1H3. The molecule has 0 heterocycles. The second-order valence-electron chi connectivity index (χ2n) is 7.68. The van der Waals surface area contributed by atoms with Gasteiger partial charge in [0.2, 0.25) is 0 Å². The number of aliphatic hydroxyl groups excluding tert-OH is 1. The summed E-state index contributed by atoms with van der Waals surface area (Å²) in [4.78, 5) is 0.538. The molecule has 12 heteroatoms. The average molecular weight is 520 g/mol. The van der Waals surface area contributed by atoms with Crippen LogP contribution in [0.15, 0.2) is 42.5 Å².